The SMILES string of the molecule is COc1cc2c(cc1Br)-c1c(c(C(=O)O)nn1-c1ccsc1)CC2. The van der Waals surface area contributed by atoms with Gasteiger partial charge in [-0.2, -0.15) is 16.4 Å². The van der Waals surface area contributed by atoms with E-state index >= 15 is 0 Å². The summed E-state index contributed by atoms with van der Waals surface area (Å²) in [7, 11) is 1.64. The van der Waals surface area contributed by atoms with E-state index in [2.05, 4.69) is 21.0 Å². The summed E-state index contributed by atoms with van der Waals surface area (Å²) in [5.41, 5.74) is 4.79. The Kier molecular flexibility index (Phi) is 3.69. The molecule has 1 aliphatic rings. The second-order valence-corrected chi connectivity index (χ2v) is 7.15. The van der Waals surface area contributed by atoms with Crippen molar-refractivity contribution in [2.45, 2.75) is 12.8 Å². The maximum Gasteiger partial charge on any atom is 0.356 e. The van der Waals surface area contributed by atoms with Crippen molar-refractivity contribution in [1.82, 2.24) is 9.78 Å². The summed E-state index contributed by atoms with van der Waals surface area (Å²) in [6.07, 6.45) is 1.42. The highest BCUT2D eigenvalue weighted by Gasteiger charge is 2.29. The molecule has 24 heavy (non-hydrogen) atoms. The van der Waals surface area contributed by atoms with Crippen molar-refractivity contribution in [3.8, 4) is 22.7 Å². The molecule has 0 atom stereocenters. The van der Waals surface area contributed by atoms with Gasteiger partial charge in [-0.3, -0.25) is 0 Å². The number of carboxylic acids is 1. The molecule has 0 amide bonds. The number of ether oxygens (including phenoxy) is 1. The zero-order valence-corrected chi connectivity index (χ0v) is 15.1. The first kappa shape index (κ1) is 15.4. The van der Waals surface area contributed by atoms with Gasteiger partial charge in [-0.1, -0.05) is 0 Å². The second-order valence-electron chi connectivity index (χ2n) is 5.52. The van der Waals surface area contributed by atoms with E-state index < -0.39 is 5.97 Å². The van der Waals surface area contributed by atoms with E-state index in [-0.39, 0.29) is 5.69 Å². The Morgan fingerprint density at radius 3 is 2.92 bits per heavy atom. The number of halogens is 1. The second kappa shape index (κ2) is 5.75. The minimum Gasteiger partial charge on any atom is -0.496 e. The van der Waals surface area contributed by atoms with Gasteiger partial charge in [-0.05, 0) is 57.9 Å². The van der Waals surface area contributed by atoms with Crippen molar-refractivity contribution in [3.63, 3.8) is 0 Å². The fourth-order valence-electron chi connectivity index (χ4n) is 3.14. The van der Waals surface area contributed by atoms with E-state index in [4.69, 9.17) is 4.74 Å². The number of methoxy groups -OCH3 is 1. The molecule has 0 unspecified atom stereocenters. The third-order valence-corrected chi connectivity index (χ3v) is 5.50. The molecule has 0 bridgehead atoms. The van der Waals surface area contributed by atoms with Crippen LogP contribution in [0.25, 0.3) is 16.9 Å². The molecule has 1 N–H and O–H groups in total. The molecule has 0 saturated carbocycles. The molecule has 5 nitrogen and oxygen atoms in total. The summed E-state index contributed by atoms with van der Waals surface area (Å²) in [4.78, 5) is 11.6. The van der Waals surface area contributed by atoms with Crippen molar-refractivity contribution in [2.75, 3.05) is 7.11 Å². The molecule has 122 valence electrons. The summed E-state index contributed by atoms with van der Waals surface area (Å²) in [6.45, 7) is 0. The Morgan fingerprint density at radius 1 is 1.42 bits per heavy atom. The smallest absolute Gasteiger partial charge is 0.356 e. The lowest BCUT2D eigenvalue weighted by Gasteiger charge is -2.20. The first-order chi connectivity index (χ1) is 11.6. The lowest BCUT2D eigenvalue weighted by Crippen LogP contribution is -2.08. The van der Waals surface area contributed by atoms with Gasteiger partial charge in [-0.15, -0.1) is 0 Å². The minimum absolute atomic E-state index is 0.133. The van der Waals surface area contributed by atoms with Crippen molar-refractivity contribution in [1.29, 1.82) is 0 Å². The van der Waals surface area contributed by atoms with Crippen LogP contribution >= 0.6 is 27.3 Å². The molecule has 4 rings (SSSR count). The summed E-state index contributed by atoms with van der Waals surface area (Å²) >= 11 is 5.08. The van der Waals surface area contributed by atoms with Crippen LogP contribution in [0.2, 0.25) is 0 Å². The Morgan fingerprint density at radius 2 is 2.25 bits per heavy atom. The van der Waals surface area contributed by atoms with E-state index in [9.17, 15) is 9.90 Å². The molecular weight excluding hydrogens is 392 g/mol. The highest BCUT2D eigenvalue weighted by Crippen LogP contribution is 2.41. The van der Waals surface area contributed by atoms with Gasteiger partial charge in [0.15, 0.2) is 5.69 Å². The maximum absolute atomic E-state index is 11.6. The molecular formula is C17H13BrN2O3S. The fourth-order valence-corrected chi connectivity index (χ4v) is 4.26. The van der Waals surface area contributed by atoms with Crippen LogP contribution in [0.15, 0.2) is 33.4 Å². The summed E-state index contributed by atoms with van der Waals surface area (Å²) in [5, 5.41) is 17.8. The lowest BCUT2D eigenvalue weighted by molar-refractivity contribution is 0.0689. The topological polar surface area (TPSA) is 64.3 Å². The van der Waals surface area contributed by atoms with Crippen LogP contribution in [-0.4, -0.2) is 28.0 Å². The van der Waals surface area contributed by atoms with Gasteiger partial charge in [0.25, 0.3) is 0 Å². The van der Waals surface area contributed by atoms with Crippen LogP contribution in [-0.2, 0) is 12.8 Å². The monoisotopic (exact) mass is 404 g/mol. The van der Waals surface area contributed by atoms with E-state index in [1.54, 1.807) is 23.1 Å². The third kappa shape index (κ3) is 2.27. The van der Waals surface area contributed by atoms with Crippen LogP contribution in [0.3, 0.4) is 0 Å². The van der Waals surface area contributed by atoms with Crippen LogP contribution < -0.4 is 4.74 Å². The van der Waals surface area contributed by atoms with Gasteiger partial charge < -0.3 is 9.84 Å². The number of aromatic carboxylic acids is 1. The summed E-state index contributed by atoms with van der Waals surface area (Å²) in [6, 6.07) is 5.94. The number of aromatic nitrogens is 2. The number of nitrogens with zero attached hydrogens (tertiary/aromatic N) is 2. The summed E-state index contributed by atoms with van der Waals surface area (Å²) in [5.74, 6) is -0.214. The number of aryl methyl sites for hydroxylation is 1. The van der Waals surface area contributed by atoms with E-state index in [1.807, 2.05) is 29.0 Å². The molecule has 0 saturated heterocycles. The molecule has 7 heteroatoms. The van der Waals surface area contributed by atoms with Gasteiger partial charge >= 0.3 is 5.97 Å². The summed E-state index contributed by atoms with van der Waals surface area (Å²) < 4.78 is 7.96. The molecule has 2 heterocycles. The number of carbonyl (C=O) groups is 1. The van der Waals surface area contributed by atoms with Gasteiger partial charge in [0.2, 0.25) is 0 Å². The zero-order chi connectivity index (χ0) is 16.8. The molecule has 0 radical (unpaired) electrons. The van der Waals surface area contributed by atoms with E-state index in [0.29, 0.717) is 6.42 Å². The number of thiophene rings is 1. The zero-order valence-electron chi connectivity index (χ0n) is 12.7. The predicted octanol–water partition coefficient (Wildman–Crippen LogP) is 4.17. The van der Waals surface area contributed by atoms with Crippen LogP contribution in [0.5, 0.6) is 5.75 Å². The maximum atomic E-state index is 11.6. The molecule has 1 aliphatic carbocycles. The highest BCUT2D eigenvalue weighted by atomic mass is 79.9. The van der Waals surface area contributed by atoms with Crippen molar-refractivity contribution >= 4 is 33.2 Å². The third-order valence-electron chi connectivity index (χ3n) is 4.21. The van der Waals surface area contributed by atoms with E-state index in [1.165, 1.54) is 0 Å². The first-order valence-corrected chi connectivity index (χ1v) is 9.08. The van der Waals surface area contributed by atoms with Crippen LogP contribution in [0.1, 0.15) is 21.6 Å². The van der Waals surface area contributed by atoms with Gasteiger partial charge in [0.1, 0.15) is 5.75 Å². The largest absolute Gasteiger partial charge is 0.496 e. The lowest BCUT2D eigenvalue weighted by atomic mass is 9.88. The Bertz CT molecular complexity index is 947. The molecule has 3 aromatic rings. The number of fused-ring (bicyclic) bond motifs is 3. The number of rotatable bonds is 3. The predicted molar refractivity (Wildman–Crippen MR) is 95.5 cm³/mol. The normalized spacial score (nSPS) is 12.6. The van der Waals surface area contributed by atoms with Crippen LogP contribution in [0.4, 0.5) is 0 Å². The highest BCUT2D eigenvalue weighted by molar-refractivity contribution is 9.10. The Labute approximate surface area is 150 Å². The van der Waals surface area contributed by atoms with Gasteiger partial charge in [-0.25, -0.2) is 9.48 Å². The molecule has 0 aliphatic heterocycles. The molecule has 0 spiro atoms. The Hall–Kier alpha value is -2.12. The number of carboxylic acid groups (broad SMARTS) is 1. The number of hydrogen-bond donors (Lipinski definition) is 1. The number of hydrogen-bond acceptors (Lipinski definition) is 4. The van der Waals surface area contributed by atoms with Crippen molar-refractivity contribution in [2.24, 2.45) is 0 Å². The molecule has 2 aromatic heterocycles. The molecule has 0 fully saturated rings. The number of benzene rings is 1. The average molecular weight is 405 g/mol. The standard InChI is InChI=1S/C17H13BrN2O3S/c1-23-14-6-9-2-3-11-15(17(21)22)19-20(10-4-5-24-8-10)16(11)12(9)7-13(14)18/h4-8H,2-3H2,1H3,(H,21,22). The quantitative estimate of drug-likeness (QED) is 0.711. The van der Waals surface area contributed by atoms with E-state index in [0.717, 1.165) is 44.7 Å². The van der Waals surface area contributed by atoms with Gasteiger partial charge in [0, 0.05) is 16.5 Å². The van der Waals surface area contributed by atoms with Gasteiger partial charge in [0.05, 0.1) is 23.0 Å². The van der Waals surface area contributed by atoms with Crippen LogP contribution in [0, 0.1) is 0 Å². The Balaban J connectivity index is 2.02. The first-order valence-electron chi connectivity index (χ1n) is 7.34. The van der Waals surface area contributed by atoms with Crippen molar-refractivity contribution in [3.05, 3.63) is 50.3 Å². The molecule has 1 aromatic carbocycles. The average Bonchev–Trinajstić information content (AvgIpc) is 3.21. The minimum atomic E-state index is -0.990. The fraction of sp³-hybridized carbons (Fsp3) is 0.176. The van der Waals surface area contributed by atoms with Crippen molar-refractivity contribution < 1.29 is 14.6 Å².